The Hall–Kier alpha value is -1.81. The van der Waals surface area contributed by atoms with Crippen molar-refractivity contribution >= 4 is 35.5 Å². The fourth-order valence-corrected chi connectivity index (χ4v) is 3.47. The number of dihydropyridines is 1. The first-order valence-electron chi connectivity index (χ1n) is 9.36. The number of hydrogen-bond acceptors (Lipinski definition) is 5. The highest BCUT2D eigenvalue weighted by Crippen LogP contribution is 2.24. The van der Waals surface area contributed by atoms with Gasteiger partial charge in [-0.05, 0) is 19.8 Å². The average Bonchev–Trinajstić information content (AvgIpc) is 3.09. The zero-order chi connectivity index (χ0) is 20.6. The molecule has 10 heteroatoms. The number of rotatable bonds is 10. The van der Waals surface area contributed by atoms with E-state index >= 15 is 0 Å². The van der Waals surface area contributed by atoms with Crippen LogP contribution in [0.3, 0.4) is 0 Å². The molecule has 1 N–H and O–H groups in total. The van der Waals surface area contributed by atoms with Crippen molar-refractivity contribution in [2.45, 2.75) is 45.7 Å². The lowest BCUT2D eigenvalue weighted by molar-refractivity contribution is -0.129. The summed E-state index contributed by atoms with van der Waals surface area (Å²) < 4.78 is 40.9. The van der Waals surface area contributed by atoms with E-state index < -0.39 is 12.6 Å². The maximum atomic E-state index is 12.6. The molecule has 6 nitrogen and oxygen atoms in total. The van der Waals surface area contributed by atoms with Gasteiger partial charge >= 0.3 is 6.18 Å². The molecular formula is C18H26F3N5OS. The monoisotopic (exact) mass is 417 g/mol. The number of carbonyl (C=O) groups excluding carboxylic acids is 1. The Morgan fingerprint density at radius 3 is 2.79 bits per heavy atom. The molecule has 0 fully saturated rings. The van der Waals surface area contributed by atoms with E-state index in [2.05, 4.69) is 20.9 Å². The van der Waals surface area contributed by atoms with E-state index in [9.17, 15) is 18.0 Å². The number of aryl methyl sites for hydroxylation is 1. The molecule has 0 spiro atoms. The summed E-state index contributed by atoms with van der Waals surface area (Å²) in [4.78, 5) is 18.6. The number of hydrogen-bond donors (Lipinski definition) is 1. The first-order valence-corrected chi connectivity index (χ1v) is 10.3. The van der Waals surface area contributed by atoms with Gasteiger partial charge in [0.05, 0.1) is 29.7 Å². The average molecular weight is 418 g/mol. The summed E-state index contributed by atoms with van der Waals surface area (Å²) in [5.41, 5.74) is 2.47. The minimum atomic E-state index is -4.15. The zero-order valence-electron chi connectivity index (χ0n) is 16.1. The van der Waals surface area contributed by atoms with Gasteiger partial charge in [0.2, 0.25) is 5.91 Å². The van der Waals surface area contributed by atoms with E-state index in [-0.39, 0.29) is 18.1 Å². The molecule has 156 valence electrons. The second-order valence-electron chi connectivity index (χ2n) is 6.21. The van der Waals surface area contributed by atoms with Crippen molar-refractivity contribution in [1.82, 2.24) is 14.5 Å². The Morgan fingerprint density at radius 2 is 2.18 bits per heavy atom. The topological polar surface area (TPSA) is 62.5 Å². The number of nitrogens with one attached hydrogen (secondary N) is 1. The van der Waals surface area contributed by atoms with Crippen LogP contribution in [0.2, 0.25) is 0 Å². The summed E-state index contributed by atoms with van der Waals surface area (Å²) in [7, 11) is 0. The van der Waals surface area contributed by atoms with Gasteiger partial charge in [0.15, 0.2) is 0 Å². The van der Waals surface area contributed by atoms with Crippen LogP contribution in [0.15, 0.2) is 17.3 Å². The van der Waals surface area contributed by atoms with Gasteiger partial charge in [0, 0.05) is 38.0 Å². The molecule has 1 amide bonds. The molecule has 1 aromatic heterocycles. The fraction of sp³-hybridized carbons (Fsp3) is 0.611. The Balaban J connectivity index is 1.94. The van der Waals surface area contributed by atoms with Crippen LogP contribution in [0.5, 0.6) is 0 Å². The first-order chi connectivity index (χ1) is 13.4. The molecule has 0 unspecified atom stereocenters. The summed E-state index contributed by atoms with van der Waals surface area (Å²) >= 11 is 0.989. The summed E-state index contributed by atoms with van der Waals surface area (Å²) in [6.45, 7) is 5.45. The smallest absolute Gasteiger partial charge is 0.309 e. The van der Waals surface area contributed by atoms with E-state index in [1.165, 1.54) is 0 Å². The SMILES string of the molecule is CCc1nn(C2=CCCN=C2)cc1N(CC)C(=O)CCNSCCC(F)(F)F. The van der Waals surface area contributed by atoms with Crippen LogP contribution in [-0.2, 0) is 11.2 Å². The predicted octanol–water partition coefficient (Wildman–Crippen LogP) is 3.69. The van der Waals surface area contributed by atoms with Crippen molar-refractivity contribution in [3.05, 3.63) is 18.0 Å². The molecule has 2 rings (SSSR count). The Kier molecular flexibility index (Phi) is 8.56. The highest BCUT2D eigenvalue weighted by molar-refractivity contribution is 7.97. The van der Waals surface area contributed by atoms with Crippen molar-refractivity contribution in [2.75, 3.05) is 30.3 Å². The molecule has 0 saturated heterocycles. The Labute approximate surface area is 167 Å². The number of allylic oxidation sites excluding steroid dienone is 1. The fourth-order valence-electron chi connectivity index (χ4n) is 2.75. The minimum Gasteiger partial charge on any atom is -0.309 e. The number of alkyl halides is 3. The maximum absolute atomic E-state index is 12.6. The zero-order valence-corrected chi connectivity index (χ0v) is 16.9. The molecule has 1 aliphatic rings. The van der Waals surface area contributed by atoms with Gasteiger partial charge in [-0.25, -0.2) is 4.68 Å². The highest BCUT2D eigenvalue weighted by atomic mass is 32.2. The van der Waals surface area contributed by atoms with Crippen LogP contribution in [0.4, 0.5) is 18.9 Å². The molecule has 0 radical (unpaired) electrons. The lowest BCUT2D eigenvalue weighted by Crippen LogP contribution is -2.32. The van der Waals surface area contributed by atoms with E-state index in [1.54, 1.807) is 15.8 Å². The molecule has 0 aromatic carbocycles. The number of carbonyl (C=O) groups is 1. The second-order valence-corrected chi connectivity index (χ2v) is 7.19. The lowest BCUT2D eigenvalue weighted by atomic mass is 10.2. The van der Waals surface area contributed by atoms with Gasteiger partial charge in [-0.3, -0.25) is 14.5 Å². The quantitative estimate of drug-likeness (QED) is 0.466. The highest BCUT2D eigenvalue weighted by Gasteiger charge is 2.26. The van der Waals surface area contributed by atoms with E-state index in [0.29, 0.717) is 19.5 Å². The lowest BCUT2D eigenvalue weighted by Gasteiger charge is -2.20. The minimum absolute atomic E-state index is 0.0708. The Morgan fingerprint density at radius 1 is 1.39 bits per heavy atom. The van der Waals surface area contributed by atoms with E-state index in [4.69, 9.17) is 0 Å². The summed E-state index contributed by atoms with van der Waals surface area (Å²) in [5, 5.41) is 4.58. The molecule has 1 aliphatic heterocycles. The standard InChI is InChI=1S/C18H26F3N5OS/c1-3-15-16(13-26(24-15)14-6-5-9-22-12-14)25(4-2)17(27)7-10-23-28-11-8-18(19,20)21/h6,12-13,23H,3-5,7-11H2,1-2H3. The van der Waals surface area contributed by atoms with Gasteiger partial charge < -0.3 is 4.90 Å². The van der Waals surface area contributed by atoms with Gasteiger partial charge in [-0.15, -0.1) is 0 Å². The molecule has 28 heavy (non-hydrogen) atoms. The maximum Gasteiger partial charge on any atom is 0.389 e. The molecule has 0 bridgehead atoms. The summed E-state index contributed by atoms with van der Waals surface area (Å²) in [6, 6.07) is 0. The van der Waals surface area contributed by atoms with Crippen molar-refractivity contribution < 1.29 is 18.0 Å². The largest absolute Gasteiger partial charge is 0.389 e. The number of nitrogens with zero attached hydrogens (tertiary/aromatic N) is 4. The van der Waals surface area contributed by atoms with Crippen LogP contribution >= 0.6 is 11.9 Å². The van der Waals surface area contributed by atoms with Crippen LogP contribution in [-0.4, -0.2) is 53.5 Å². The van der Waals surface area contributed by atoms with Crippen LogP contribution < -0.4 is 9.62 Å². The third-order valence-electron chi connectivity index (χ3n) is 4.14. The number of aliphatic imine (C=N–C) groups is 1. The number of halogens is 3. The molecular weight excluding hydrogens is 391 g/mol. The molecule has 1 aromatic rings. The third-order valence-corrected chi connectivity index (χ3v) is 4.96. The van der Waals surface area contributed by atoms with Crippen LogP contribution in [0.1, 0.15) is 38.8 Å². The van der Waals surface area contributed by atoms with Gasteiger partial charge in [-0.1, -0.05) is 24.9 Å². The van der Waals surface area contributed by atoms with Crippen molar-refractivity contribution in [3.8, 4) is 0 Å². The third kappa shape index (κ3) is 6.66. The van der Waals surface area contributed by atoms with E-state index in [0.717, 1.165) is 42.0 Å². The number of amides is 1. The van der Waals surface area contributed by atoms with Crippen molar-refractivity contribution in [1.29, 1.82) is 0 Å². The van der Waals surface area contributed by atoms with Gasteiger partial charge in [0.25, 0.3) is 0 Å². The molecule has 0 atom stereocenters. The Bertz CT molecular complexity index is 715. The first kappa shape index (κ1) is 22.5. The van der Waals surface area contributed by atoms with Crippen LogP contribution in [0.25, 0.3) is 5.70 Å². The summed E-state index contributed by atoms with van der Waals surface area (Å²) in [6.07, 6.45) is 2.42. The van der Waals surface area contributed by atoms with E-state index in [1.807, 2.05) is 20.0 Å². The van der Waals surface area contributed by atoms with Gasteiger partial charge in [0.1, 0.15) is 0 Å². The molecule has 0 aliphatic carbocycles. The van der Waals surface area contributed by atoms with Crippen molar-refractivity contribution in [2.24, 2.45) is 4.99 Å². The van der Waals surface area contributed by atoms with Crippen molar-refractivity contribution in [3.63, 3.8) is 0 Å². The van der Waals surface area contributed by atoms with Crippen LogP contribution in [0, 0.1) is 0 Å². The number of anilines is 1. The predicted molar refractivity (Wildman–Crippen MR) is 108 cm³/mol. The molecule has 0 saturated carbocycles. The second kappa shape index (κ2) is 10.7. The van der Waals surface area contributed by atoms with Gasteiger partial charge in [-0.2, -0.15) is 18.3 Å². The normalized spacial score (nSPS) is 14.2. The molecule has 2 heterocycles. The number of aromatic nitrogens is 2. The summed E-state index contributed by atoms with van der Waals surface area (Å²) in [5.74, 6) is -0.162.